The molecule has 2 saturated carbocycles. The lowest BCUT2D eigenvalue weighted by atomic mass is 9.63. The highest BCUT2D eigenvalue weighted by Gasteiger charge is 2.39. The number of alkyl halides is 1. The minimum Gasteiger partial charge on any atom is -0.392 e. The Bertz CT molecular complexity index is 346. The first kappa shape index (κ1) is 17.0. The standard InChI is InChI=1S/C18H33ClN2O/c19-17-8-7-15(11-21-17)18(22)16(10-20)14-6-5-12-3-1-2-4-13(12)9-14/h12-18,21-22H,1-11,20H2/t12?,13?,14?,15?,16-,17?,18-/m1/s1. The molecule has 0 amide bonds. The van der Waals surface area contributed by atoms with Crippen molar-refractivity contribution in [1.82, 2.24) is 5.32 Å². The van der Waals surface area contributed by atoms with Gasteiger partial charge >= 0.3 is 0 Å². The Morgan fingerprint density at radius 1 is 1.00 bits per heavy atom. The Balaban J connectivity index is 1.58. The van der Waals surface area contributed by atoms with Crippen molar-refractivity contribution in [2.75, 3.05) is 13.1 Å². The number of fused-ring (bicyclic) bond motifs is 1. The summed E-state index contributed by atoms with van der Waals surface area (Å²) in [5.74, 6) is 3.11. The van der Waals surface area contributed by atoms with Gasteiger partial charge in [0.25, 0.3) is 0 Å². The van der Waals surface area contributed by atoms with Gasteiger partial charge < -0.3 is 16.2 Å². The molecule has 22 heavy (non-hydrogen) atoms. The van der Waals surface area contributed by atoms with Gasteiger partial charge in [0.05, 0.1) is 11.6 Å². The molecular weight excluding hydrogens is 296 g/mol. The normalized spacial score (nSPS) is 42.4. The molecule has 1 saturated heterocycles. The lowest BCUT2D eigenvalue weighted by Gasteiger charge is -2.44. The van der Waals surface area contributed by atoms with E-state index in [4.69, 9.17) is 17.3 Å². The van der Waals surface area contributed by atoms with E-state index in [0.717, 1.165) is 31.2 Å². The van der Waals surface area contributed by atoms with Gasteiger partial charge in [0, 0.05) is 12.5 Å². The van der Waals surface area contributed by atoms with Gasteiger partial charge in [-0.15, -0.1) is 11.6 Å². The maximum atomic E-state index is 10.9. The van der Waals surface area contributed by atoms with Crippen LogP contribution in [0.4, 0.5) is 0 Å². The molecule has 3 aliphatic rings. The van der Waals surface area contributed by atoms with Gasteiger partial charge in [0.15, 0.2) is 0 Å². The fourth-order valence-electron chi connectivity index (χ4n) is 5.39. The molecular formula is C18H33ClN2O. The third-order valence-corrected chi connectivity index (χ3v) is 7.14. The van der Waals surface area contributed by atoms with Crippen LogP contribution in [-0.2, 0) is 0 Å². The highest BCUT2D eigenvalue weighted by Crippen LogP contribution is 2.45. The molecule has 1 aliphatic heterocycles. The topological polar surface area (TPSA) is 58.3 Å². The highest BCUT2D eigenvalue weighted by molar-refractivity contribution is 6.20. The number of hydrogen-bond acceptors (Lipinski definition) is 3. The first-order valence-corrected chi connectivity index (χ1v) is 9.88. The van der Waals surface area contributed by atoms with E-state index in [9.17, 15) is 5.11 Å². The fraction of sp³-hybridized carbons (Fsp3) is 1.00. The van der Waals surface area contributed by atoms with Gasteiger partial charge in [-0.3, -0.25) is 0 Å². The number of nitrogens with one attached hydrogen (secondary N) is 1. The average molecular weight is 329 g/mol. The first-order valence-electron chi connectivity index (χ1n) is 9.44. The number of piperidine rings is 1. The van der Waals surface area contributed by atoms with E-state index in [0.29, 0.717) is 18.4 Å². The van der Waals surface area contributed by atoms with Crippen LogP contribution in [-0.4, -0.2) is 29.8 Å². The van der Waals surface area contributed by atoms with Gasteiger partial charge in [-0.2, -0.15) is 0 Å². The van der Waals surface area contributed by atoms with Gasteiger partial charge in [-0.05, 0) is 62.3 Å². The summed E-state index contributed by atoms with van der Waals surface area (Å²) in [6.07, 6.45) is 11.4. The summed E-state index contributed by atoms with van der Waals surface area (Å²) < 4.78 is 0. The van der Waals surface area contributed by atoms with E-state index in [-0.39, 0.29) is 17.5 Å². The lowest BCUT2D eigenvalue weighted by Crippen LogP contribution is -2.47. The van der Waals surface area contributed by atoms with E-state index in [1.165, 1.54) is 44.9 Å². The summed E-state index contributed by atoms with van der Waals surface area (Å²) in [7, 11) is 0. The third kappa shape index (κ3) is 3.80. The van der Waals surface area contributed by atoms with E-state index >= 15 is 0 Å². The summed E-state index contributed by atoms with van der Waals surface area (Å²) in [6, 6.07) is 0. The number of halogens is 1. The monoisotopic (exact) mass is 328 g/mol. The minimum atomic E-state index is -0.258. The van der Waals surface area contributed by atoms with Gasteiger partial charge in [-0.1, -0.05) is 25.7 Å². The quantitative estimate of drug-likeness (QED) is 0.549. The van der Waals surface area contributed by atoms with Crippen molar-refractivity contribution < 1.29 is 5.11 Å². The molecule has 3 rings (SSSR count). The van der Waals surface area contributed by atoms with Crippen LogP contribution in [0.25, 0.3) is 0 Å². The Morgan fingerprint density at radius 3 is 2.41 bits per heavy atom. The molecule has 128 valence electrons. The van der Waals surface area contributed by atoms with Crippen LogP contribution in [0, 0.1) is 29.6 Å². The van der Waals surface area contributed by atoms with Crippen molar-refractivity contribution in [1.29, 1.82) is 0 Å². The number of aliphatic hydroxyl groups is 1. The molecule has 4 heteroatoms. The van der Waals surface area contributed by atoms with Gasteiger partial charge in [0.1, 0.15) is 0 Å². The summed E-state index contributed by atoms with van der Waals surface area (Å²) in [5.41, 5.74) is 6.18. The molecule has 2 aliphatic carbocycles. The van der Waals surface area contributed by atoms with Crippen LogP contribution in [0.3, 0.4) is 0 Å². The molecule has 4 N–H and O–H groups in total. The fourth-order valence-corrected chi connectivity index (χ4v) is 5.61. The van der Waals surface area contributed by atoms with Crippen molar-refractivity contribution in [2.24, 2.45) is 35.3 Å². The average Bonchev–Trinajstić information content (AvgIpc) is 2.56. The zero-order valence-electron chi connectivity index (χ0n) is 13.7. The van der Waals surface area contributed by atoms with E-state index < -0.39 is 0 Å². The van der Waals surface area contributed by atoms with Crippen molar-refractivity contribution in [3.05, 3.63) is 0 Å². The predicted octanol–water partition coefficient (Wildman–Crippen LogP) is 3.09. The second-order valence-corrected chi connectivity index (χ2v) is 8.51. The maximum Gasteiger partial charge on any atom is 0.0825 e. The van der Waals surface area contributed by atoms with Crippen LogP contribution in [0.15, 0.2) is 0 Å². The van der Waals surface area contributed by atoms with Crippen LogP contribution in [0.1, 0.15) is 57.8 Å². The van der Waals surface area contributed by atoms with E-state index in [1.54, 1.807) is 0 Å². The number of hydrogen-bond donors (Lipinski definition) is 3. The van der Waals surface area contributed by atoms with Gasteiger partial charge in [0.2, 0.25) is 0 Å². The Morgan fingerprint density at radius 2 is 1.73 bits per heavy atom. The van der Waals surface area contributed by atoms with Crippen LogP contribution in [0.2, 0.25) is 0 Å². The zero-order chi connectivity index (χ0) is 15.5. The van der Waals surface area contributed by atoms with E-state index in [2.05, 4.69) is 5.32 Å². The Hall–Kier alpha value is 0.170. The zero-order valence-corrected chi connectivity index (χ0v) is 14.5. The summed E-state index contributed by atoms with van der Waals surface area (Å²) in [5, 5.41) is 14.2. The van der Waals surface area contributed by atoms with Crippen LogP contribution in [0.5, 0.6) is 0 Å². The molecule has 0 bridgehead atoms. The van der Waals surface area contributed by atoms with Crippen molar-refractivity contribution in [2.45, 2.75) is 69.4 Å². The second kappa shape index (κ2) is 7.83. The summed E-state index contributed by atoms with van der Waals surface area (Å²) in [4.78, 5) is 0. The SMILES string of the molecule is NC[C@H](C1CCC2CCCCC2C1)[C@H](O)C1CCC(Cl)NC1. The van der Waals surface area contributed by atoms with Crippen LogP contribution < -0.4 is 11.1 Å². The maximum absolute atomic E-state index is 10.9. The van der Waals surface area contributed by atoms with Crippen LogP contribution >= 0.6 is 11.6 Å². The number of nitrogens with two attached hydrogens (primary N) is 1. The summed E-state index contributed by atoms with van der Waals surface area (Å²) in [6.45, 7) is 1.47. The molecule has 0 aromatic heterocycles. The smallest absolute Gasteiger partial charge is 0.0825 e. The molecule has 1 heterocycles. The molecule has 0 spiro atoms. The number of aliphatic hydroxyl groups excluding tert-OH is 1. The highest BCUT2D eigenvalue weighted by atomic mass is 35.5. The molecule has 0 aromatic rings. The minimum absolute atomic E-state index is 0.0810. The van der Waals surface area contributed by atoms with E-state index in [1.807, 2.05) is 0 Å². The molecule has 7 atom stereocenters. The van der Waals surface area contributed by atoms with Crippen molar-refractivity contribution >= 4 is 11.6 Å². The van der Waals surface area contributed by atoms with Crippen molar-refractivity contribution in [3.8, 4) is 0 Å². The lowest BCUT2D eigenvalue weighted by molar-refractivity contribution is -0.00891. The molecule has 0 aromatic carbocycles. The largest absolute Gasteiger partial charge is 0.392 e. The first-order chi connectivity index (χ1) is 10.7. The van der Waals surface area contributed by atoms with Crippen molar-refractivity contribution in [3.63, 3.8) is 0 Å². The Kier molecular flexibility index (Phi) is 6.05. The Labute approximate surface area is 140 Å². The summed E-state index contributed by atoms with van der Waals surface area (Å²) >= 11 is 6.11. The van der Waals surface area contributed by atoms with Gasteiger partial charge in [-0.25, -0.2) is 0 Å². The number of rotatable bonds is 4. The molecule has 3 fully saturated rings. The molecule has 3 nitrogen and oxygen atoms in total. The second-order valence-electron chi connectivity index (χ2n) is 7.98. The third-order valence-electron chi connectivity index (χ3n) is 6.77. The molecule has 5 unspecified atom stereocenters. The molecule has 0 radical (unpaired) electrons. The predicted molar refractivity (Wildman–Crippen MR) is 91.7 cm³/mol.